The van der Waals surface area contributed by atoms with E-state index >= 15 is 0 Å². The molecule has 0 aromatic carbocycles. The van der Waals surface area contributed by atoms with Gasteiger partial charge in [0.05, 0.1) is 5.69 Å². The van der Waals surface area contributed by atoms with Gasteiger partial charge in [-0.05, 0) is 34.9 Å². The summed E-state index contributed by atoms with van der Waals surface area (Å²) in [7, 11) is 5.74. The number of likely N-dealkylation sites (N-methyl/N-ethyl adjacent to an activating group) is 1. The molecule has 0 fully saturated rings. The normalized spacial score (nSPS) is 13.1. The first kappa shape index (κ1) is 15.3. The van der Waals surface area contributed by atoms with E-state index < -0.39 is 0 Å². The number of rotatable bonds is 5. The smallest absolute Gasteiger partial charge is 0.223 e. The van der Waals surface area contributed by atoms with Crippen LogP contribution in [0.25, 0.3) is 0 Å². The first-order chi connectivity index (χ1) is 8.70. The van der Waals surface area contributed by atoms with Gasteiger partial charge in [0, 0.05) is 12.6 Å². The Hall–Kier alpha value is -1.76. The Morgan fingerprint density at radius 1 is 1.53 bits per heavy atom. The third kappa shape index (κ3) is 3.17. The zero-order valence-electron chi connectivity index (χ0n) is 12.4. The number of nitrogens with zero attached hydrogens (tertiary/aromatic N) is 4. The van der Waals surface area contributed by atoms with Crippen LogP contribution in [0.2, 0.25) is 0 Å². The van der Waals surface area contributed by atoms with Crippen molar-refractivity contribution >= 4 is 5.84 Å². The van der Waals surface area contributed by atoms with Gasteiger partial charge in [0.2, 0.25) is 5.88 Å². The third-order valence-electron chi connectivity index (χ3n) is 3.31. The number of nitrogens with two attached hydrogens (primary N) is 1. The molecule has 0 bridgehead atoms. The highest BCUT2D eigenvalue weighted by atomic mass is 16.5. The monoisotopic (exact) mass is 269 g/mol. The summed E-state index contributed by atoms with van der Waals surface area (Å²) in [5, 5.41) is 16.1. The quantitative estimate of drug-likeness (QED) is 0.352. The topological polar surface area (TPSA) is 88.9 Å². The average molecular weight is 269 g/mol. The molecule has 0 amide bonds. The fraction of sp³-hybridized carbons (Fsp3) is 0.667. The maximum Gasteiger partial charge on any atom is 0.223 e. The van der Waals surface area contributed by atoms with E-state index in [4.69, 9.17) is 15.7 Å². The molecule has 0 spiro atoms. The van der Waals surface area contributed by atoms with Crippen LogP contribution >= 0.6 is 0 Å². The summed E-state index contributed by atoms with van der Waals surface area (Å²) < 4.78 is 7.42. The van der Waals surface area contributed by atoms with Crippen molar-refractivity contribution in [1.29, 1.82) is 0 Å². The van der Waals surface area contributed by atoms with E-state index in [0.717, 1.165) is 0 Å². The van der Waals surface area contributed by atoms with Gasteiger partial charge in [-0.25, -0.2) is 4.68 Å². The molecule has 0 aliphatic heterocycles. The van der Waals surface area contributed by atoms with E-state index in [1.807, 2.05) is 14.1 Å². The van der Waals surface area contributed by atoms with E-state index in [1.54, 1.807) is 18.7 Å². The van der Waals surface area contributed by atoms with Crippen LogP contribution in [0.5, 0.6) is 5.88 Å². The summed E-state index contributed by atoms with van der Waals surface area (Å²) in [6, 6.07) is 0. The van der Waals surface area contributed by atoms with Crippen LogP contribution in [0.15, 0.2) is 5.16 Å². The van der Waals surface area contributed by atoms with Crippen LogP contribution in [0.4, 0.5) is 0 Å². The van der Waals surface area contributed by atoms with Crippen molar-refractivity contribution < 1.29 is 9.94 Å². The lowest BCUT2D eigenvalue weighted by Crippen LogP contribution is -2.43. The van der Waals surface area contributed by atoms with Crippen molar-refractivity contribution in [2.24, 2.45) is 17.9 Å². The Bertz CT molecular complexity index is 477. The lowest BCUT2D eigenvalue weighted by atomic mass is 10.1. The van der Waals surface area contributed by atoms with Gasteiger partial charge in [0.1, 0.15) is 12.2 Å². The van der Waals surface area contributed by atoms with Gasteiger partial charge in [-0.15, -0.1) is 0 Å². The summed E-state index contributed by atoms with van der Waals surface area (Å²) in [6.07, 6.45) is 0. The fourth-order valence-electron chi connectivity index (χ4n) is 1.52. The number of hydrogen-bond acceptors (Lipinski definition) is 5. The summed E-state index contributed by atoms with van der Waals surface area (Å²) in [5.41, 5.74) is 6.72. The molecule has 3 N–H and O–H groups in total. The van der Waals surface area contributed by atoms with Gasteiger partial charge in [-0.2, -0.15) is 5.10 Å². The van der Waals surface area contributed by atoms with Gasteiger partial charge in [-0.3, -0.25) is 0 Å². The predicted molar refractivity (Wildman–Crippen MR) is 73.7 cm³/mol. The van der Waals surface area contributed by atoms with Crippen molar-refractivity contribution in [3.05, 3.63) is 11.3 Å². The zero-order chi connectivity index (χ0) is 14.8. The highest BCUT2D eigenvalue weighted by Gasteiger charge is 2.25. The van der Waals surface area contributed by atoms with Gasteiger partial charge in [0.25, 0.3) is 0 Å². The lowest BCUT2D eigenvalue weighted by Gasteiger charge is -2.32. The number of aryl methyl sites for hydroxylation is 2. The van der Waals surface area contributed by atoms with Crippen molar-refractivity contribution in [3.63, 3.8) is 0 Å². The molecular weight excluding hydrogens is 246 g/mol. The number of ether oxygens (including phenoxy) is 1. The van der Waals surface area contributed by atoms with Gasteiger partial charge < -0.3 is 20.6 Å². The zero-order valence-corrected chi connectivity index (χ0v) is 12.4. The minimum absolute atomic E-state index is 0.00302. The highest BCUT2D eigenvalue weighted by molar-refractivity contribution is 6.00. The number of oxime groups is 1. The van der Waals surface area contributed by atoms with Crippen LogP contribution in [-0.4, -0.2) is 52.0 Å². The molecule has 7 heteroatoms. The second-order valence-corrected chi connectivity index (χ2v) is 5.37. The molecule has 0 atom stereocenters. The average Bonchev–Trinajstić information content (AvgIpc) is 2.60. The van der Waals surface area contributed by atoms with Crippen LogP contribution in [0, 0.1) is 6.92 Å². The van der Waals surface area contributed by atoms with E-state index in [-0.39, 0.29) is 11.4 Å². The molecule has 1 aromatic heterocycles. The largest absolute Gasteiger partial charge is 0.475 e. The Balaban J connectivity index is 3.02. The molecule has 108 valence electrons. The summed E-state index contributed by atoms with van der Waals surface area (Å²) in [4.78, 5) is 2.07. The van der Waals surface area contributed by atoms with Crippen LogP contribution < -0.4 is 10.5 Å². The summed E-state index contributed by atoms with van der Waals surface area (Å²) in [6.45, 7) is 6.39. The highest BCUT2D eigenvalue weighted by Crippen LogP contribution is 2.23. The van der Waals surface area contributed by atoms with E-state index in [2.05, 4.69) is 29.0 Å². The molecule has 7 nitrogen and oxygen atoms in total. The van der Waals surface area contributed by atoms with Gasteiger partial charge in [-0.1, -0.05) is 5.16 Å². The van der Waals surface area contributed by atoms with Crippen LogP contribution in [-0.2, 0) is 7.05 Å². The SMILES string of the molecule is Cc1nn(C)c(OCC(C)(C)N(C)C)c1C(N)=NO. The summed E-state index contributed by atoms with van der Waals surface area (Å²) >= 11 is 0. The number of hydrogen-bond donors (Lipinski definition) is 2. The lowest BCUT2D eigenvalue weighted by molar-refractivity contribution is 0.108. The van der Waals surface area contributed by atoms with Crippen LogP contribution in [0.1, 0.15) is 25.1 Å². The Kier molecular flexibility index (Phi) is 4.41. The number of amidine groups is 1. The molecule has 1 heterocycles. The molecule has 0 unspecified atom stereocenters. The molecule has 0 saturated heterocycles. The first-order valence-corrected chi connectivity index (χ1v) is 6.02. The molecule has 1 aromatic rings. The van der Waals surface area contributed by atoms with Crippen molar-refractivity contribution in [2.75, 3.05) is 20.7 Å². The summed E-state index contributed by atoms with van der Waals surface area (Å²) in [5.74, 6) is 0.506. The first-order valence-electron chi connectivity index (χ1n) is 6.02. The number of aromatic nitrogens is 2. The Morgan fingerprint density at radius 3 is 2.58 bits per heavy atom. The maximum absolute atomic E-state index is 8.82. The molecule has 0 aliphatic rings. The Morgan fingerprint density at radius 2 is 2.11 bits per heavy atom. The third-order valence-corrected chi connectivity index (χ3v) is 3.31. The predicted octanol–water partition coefficient (Wildman–Crippen LogP) is 0.542. The minimum Gasteiger partial charge on any atom is -0.475 e. The van der Waals surface area contributed by atoms with Gasteiger partial charge >= 0.3 is 0 Å². The van der Waals surface area contributed by atoms with Crippen molar-refractivity contribution in [2.45, 2.75) is 26.3 Å². The van der Waals surface area contributed by atoms with E-state index in [9.17, 15) is 0 Å². The molecule has 0 aliphatic carbocycles. The molecule has 19 heavy (non-hydrogen) atoms. The Labute approximate surface area is 113 Å². The molecule has 0 radical (unpaired) electrons. The molecule has 0 saturated carbocycles. The molecular formula is C12H23N5O2. The fourth-order valence-corrected chi connectivity index (χ4v) is 1.52. The second-order valence-electron chi connectivity index (χ2n) is 5.37. The van der Waals surface area contributed by atoms with Crippen LogP contribution in [0.3, 0.4) is 0 Å². The molecule has 1 rings (SSSR count). The van der Waals surface area contributed by atoms with E-state index in [1.165, 1.54) is 0 Å². The van der Waals surface area contributed by atoms with E-state index in [0.29, 0.717) is 23.7 Å². The van der Waals surface area contributed by atoms with Crippen molar-refractivity contribution in [1.82, 2.24) is 14.7 Å². The standard InChI is InChI=1S/C12H23N5O2/c1-8-9(10(13)15-18)11(17(6)14-8)19-7-12(2,3)16(4)5/h18H,7H2,1-6H3,(H2,13,15). The maximum atomic E-state index is 8.82. The van der Waals surface area contributed by atoms with Crippen molar-refractivity contribution in [3.8, 4) is 5.88 Å². The second kappa shape index (κ2) is 5.48. The minimum atomic E-state index is -0.138. The van der Waals surface area contributed by atoms with Gasteiger partial charge in [0.15, 0.2) is 5.84 Å².